The normalized spacial score (nSPS) is 24.2. The first-order valence-corrected chi connectivity index (χ1v) is 8.26. The third kappa shape index (κ3) is 3.39. The molecule has 4 atom stereocenters. The number of aliphatic hydroxyl groups is 1. The van der Waals surface area contributed by atoms with Crippen LogP contribution in [0.25, 0.3) is 0 Å². The summed E-state index contributed by atoms with van der Waals surface area (Å²) in [6, 6.07) is 8.40. The molecule has 1 aromatic heterocycles. The van der Waals surface area contributed by atoms with Crippen LogP contribution < -0.4 is 14.8 Å². The van der Waals surface area contributed by atoms with Gasteiger partial charge in [0.1, 0.15) is 0 Å². The molecule has 1 saturated carbocycles. The van der Waals surface area contributed by atoms with Crippen molar-refractivity contribution in [1.82, 2.24) is 15.1 Å². The van der Waals surface area contributed by atoms with Gasteiger partial charge in [-0.2, -0.15) is 5.10 Å². The maximum absolute atomic E-state index is 10.0. The van der Waals surface area contributed by atoms with Crippen molar-refractivity contribution in [2.45, 2.75) is 44.0 Å². The molecule has 0 saturated heterocycles. The molecule has 1 unspecified atom stereocenters. The van der Waals surface area contributed by atoms with Gasteiger partial charge in [-0.3, -0.25) is 4.68 Å². The third-order valence-electron chi connectivity index (χ3n) is 4.62. The number of aliphatic hydroxyl groups excluding tert-OH is 1. The van der Waals surface area contributed by atoms with E-state index in [-0.39, 0.29) is 24.2 Å². The molecule has 0 aliphatic heterocycles. The number of nitrogens with one attached hydrogen (secondary N) is 1. The summed E-state index contributed by atoms with van der Waals surface area (Å²) in [5.41, 5.74) is 1.18. The smallest absolute Gasteiger partial charge is 0.160 e. The van der Waals surface area contributed by atoms with Crippen LogP contribution in [0, 0.1) is 0 Å². The summed E-state index contributed by atoms with van der Waals surface area (Å²) in [6.07, 6.45) is 4.94. The summed E-state index contributed by atoms with van der Waals surface area (Å²) in [4.78, 5) is 0. The highest BCUT2D eigenvalue weighted by molar-refractivity contribution is 5.43. The molecule has 1 aliphatic rings. The molecule has 1 heterocycles. The van der Waals surface area contributed by atoms with Gasteiger partial charge in [0, 0.05) is 24.5 Å². The van der Waals surface area contributed by atoms with E-state index in [1.54, 1.807) is 20.4 Å². The predicted octanol–water partition coefficient (Wildman–Crippen LogP) is 1.80. The Morgan fingerprint density at radius 2 is 2.12 bits per heavy atom. The summed E-state index contributed by atoms with van der Waals surface area (Å²) < 4.78 is 12.5. The quantitative estimate of drug-likeness (QED) is 0.810. The van der Waals surface area contributed by atoms with Gasteiger partial charge in [-0.15, -0.1) is 0 Å². The Bertz CT molecular complexity index is 660. The first-order valence-electron chi connectivity index (χ1n) is 8.26. The number of benzene rings is 1. The van der Waals surface area contributed by atoms with Gasteiger partial charge in [-0.25, -0.2) is 0 Å². The average molecular weight is 331 g/mol. The molecule has 0 amide bonds. The van der Waals surface area contributed by atoms with Crippen LogP contribution >= 0.6 is 0 Å². The van der Waals surface area contributed by atoms with Crippen LogP contribution in [-0.2, 0) is 6.42 Å². The molecule has 24 heavy (non-hydrogen) atoms. The molecule has 0 radical (unpaired) electrons. The van der Waals surface area contributed by atoms with E-state index in [4.69, 9.17) is 9.47 Å². The lowest BCUT2D eigenvalue weighted by atomic mass is 9.82. The van der Waals surface area contributed by atoms with Gasteiger partial charge in [0.25, 0.3) is 0 Å². The number of aromatic nitrogens is 2. The first kappa shape index (κ1) is 16.8. The van der Waals surface area contributed by atoms with E-state index in [9.17, 15) is 5.11 Å². The zero-order chi connectivity index (χ0) is 17.1. The minimum atomic E-state index is -0.337. The van der Waals surface area contributed by atoms with Crippen LogP contribution in [0.15, 0.2) is 36.7 Å². The summed E-state index contributed by atoms with van der Waals surface area (Å²) in [5, 5.41) is 17.9. The molecular formula is C18H25N3O3. The van der Waals surface area contributed by atoms with Crippen LogP contribution in [0.5, 0.6) is 11.5 Å². The highest BCUT2D eigenvalue weighted by Gasteiger charge is 2.42. The lowest BCUT2D eigenvalue weighted by Gasteiger charge is -2.43. The van der Waals surface area contributed by atoms with Crippen molar-refractivity contribution in [1.29, 1.82) is 0 Å². The number of rotatable bonds is 7. The fraction of sp³-hybridized carbons (Fsp3) is 0.500. The molecule has 1 aliphatic carbocycles. The van der Waals surface area contributed by atoms with Crippen molar-refractivity contribution in [3.63, 3.8) is 0 Å². The van der Waals surface area contributed by atoms with E-state index in [1.165, 1.54) is 5.56 Å². The van der Waals surface area contributed by atoms with E-state index in [0.29, 0.717) is 0 Å². The molecule has 6 nitrogen and oxygen atoms in total. The Kier molecular flexibility index (Phi) is 5.06. The van der Waals surface area contributed by atoms with Gasteiger partial charge < -0.3 is 19.9 Å². The summed E-state index contributed by atoms with van der Waals surface area (Å²) in [7, 11) is 3.28. The second-order valence-corrected chi connectivity index (χ2v) is 6.35. The van der Waals surface area contributed by atoms with Crippen LogP contribution in [0.2, 0.25) is 0 Å². The van der Waals surface area contributed by atoms with Crippen molar-refractivity contribution >= 4 is 0 Å². The summed E-state index contributed by atoms with van der Waals surface area (Å²) in [6.45, 7) is 2.15. The third-order valence-corrected chi connectivity index (χ3v) is 4.62. The van der Waals surface area contributed by atoms with E-state index >= 15 is 0 Å². The topological polar surface area (TPSA) is 68.5 Å². The molecule has 1 aromatic carbocycles. The number of hydrogen-bond acceptors (Lipinski definition) is 5. The fourth-order valence-corrected chi connectivity index (χ4v) is 3.38. The van der Waals surface area contributed by atoms with Gasteiger partial charge in [0.2, 0.25) is 0 Å². The molecular weight excluding hydrogens is 306 g/mol. The lowest BCUT2D eigenvalue weighted by Crippen LogP contribution is -2.56. The Morgan fingerprint density at radius 3 is 2.75 bits per heavy atom. The number of ether oxygens (including phenoxy) is 2. The number of nitrogens with zero attached hydrogens (tertiary/aromatic N) is 2. The Hall–Kier alpha value is -2.05. The summed E-state index contributed by atoms with van der Waals surface area (Å²) >= 11 is 0. The van der Waals surface area contributed by atoms with Crippen LogP contribution in [0.3, 0.4) is 0 Å². The van der Waals surface area contributed by atoms with Crippen molar-refractivity contribution in [3.05, 3.63) is 42.2 Å². The van der Waals surface area contributed by atoms with Crippen LogP contribution in [0.4, 0.5) is 0 Å². The van der Waals surface area contributed by atoms with E-state index in [0.717, 1.165) is 24.3 Å². The van der Waals surface area contributed by atoms with Gasteiger partial charge in [-0.1, -0.05) is 6.07 Å². The lowest BCUT2D eigenvalue weighted by molar-refractivity contribution is -0.0109. The standard InChI is InChI=1S/C18H25N3O3/c1-12(9-13-5-6-16(23-2)17(10-13)24-3)20-14-11-15(22)18(14)21-8-4-7-19-21/h4-8,10,12,14-15,18,20,22H,9,11H2,1-3H3/t12?,14-,15+,18+/m0/s1. The Labute approximate surface area is 142 Å². The number of hydrogen-bond donors (Lipinski definition) is 2. The van der Waals surface area contributed by atoms with Crippen LogP contribution in [0.1, 0.15) is 24.9 Å². The fourth-order valence-electron chi connectivity index (χ4n) is 3.38. The highest BCUT2D eigenvalue weighted by Crippen LogP contribution is 2.33. The van der Waals surface area contributed by atoms with Crippen molar-refractivity contribution in [2.75, 3.05) is 14.2 Å². The number of methoxy groups -OCH3 is 2. The SMILES string of the molecule is COc1ccc(CC(C)N[C@H]2C[C@@H](O)[C@@H]2n2cccn2)cc1OC. The average Bonchev–Trinajstić information content (AvgIpc) is 3.07. The molecule has 6 heteroatoms. The highest BCUT2D eigenvalue weighted by atomic mass is 16.5. The molecule has 2 N–H and O–H groups in total. The summed E-state index contributed by atoms with van der Waals surface area (Å²) in [5.74, 6) is 1.48. The zero-order valence-corrected chi connectivity index (χ0v) is 14.3. The van der Waals surface area contributed by atoms with Gasteiger partial charge in [-0.05, 0) is 43.5 Å². The second kappa shape index (κ2) is 7.23. The van der Waals surface area contributed by atoms with Crippen LogP contribution in [-0.4, -0.2) is 47.3 Å². The zero-order valence-electron chi connectivity index (χ0n) is 14.3. The Morgan fingerprint density at radius 1 is 1.33 bits per heavy atom. The minimum absolute atomic E-state index is 0.00727. The second-order valence-electron chi connectivity index (χ2n) is 6.35. The molecule has 130 valence electrons. The molecule has 3 rings (SSSR count). The first-order chi connectivity index (χ1) is 11.6. The maximum Gasteiger partial charge on any atom is 0.160 e. The minimum Gasteiger partial charge on any atom is -0.493 e. The van der Waals surface area contributed by atoms with Crippen molar-refractivity contribution in [2.24, 2.45) is 0 Å². The largest absolute Gasteiger partial charge is 0.493 e. The van der Waals surface area contributed by atoms with Crippen molar-refractivity contribution < 1.29 is 14.6 Å². The van der Waals surface area contributed by atoms with E-state index < -0.39 is 0 Å². The van der Waals surface area contributed by atoms with Gasteiger partial charge >= 0.3 is 0 Å². The monoisotopic (exact) mass is 331 g/mol. The molecule has 1 fully saturated rings. The predicted molar refractivity (Wildman–Crippen MR) is 91.5 cm³/mol. The molecule has 0 bridgehead atoms. The van der Waals surface area contributed by atoms with E-state index in [1.807, 2.05) is 29.1 Å². The molecule has 0 spiro atoms. The van der Waals surface area contributed by atoms with Gasteiger partial charge in [0.15, 0.2) is 11.5 Å². The van der Waals surface area contributed by atoms with Gasteiger partial charge in [0.05, 0.1) is 26.4 Å². The van der Waals surface area contributed by atoms with E-state index in [2.05, 4.69) is 23.4 Å². The van der Waals surface area contributed by atoms with Crippen molar-refractivity contribution in [3.8, 4) is 11.5 Å². The Balaban J connectivity index is 1.61. The maximum atomic E-state index is 10.0. The molecule has 2 aromatic rings.